The van der Waals surface area contributed by atoms with Gasteiger partial charge in [0.25, 0.3) is 0 Å². The molecule has 1 aliphatic heterocycles. The van der Waals surface area contributed by atoms with Crippen LogP contribution in [-0.4, -0.2) is 44.5 Å². The van der Waals surface area contributed by atoms with E-state index in [0.717, 1.165) is 18.7 Å². The molecule has 2 atom stereocenters. The molecule has 1 saturated heterocycles. The molecule has 1 aromatic rings. The minimum absolute atomic E-state index is 0.0358. The molecule has 0 aromatic carbocycles. The fraction of sp³-hybridized carbons (Fsp3) is 0.765. The summed E-state index contributed by atoms with van der Waals surface area (Å²) in [5.41, 5.74) is -0.236. The quantitative estimate of drug-likeness (QED) is 0.858. The van der Waals surface area contributed by atoms with Gasteiger partial charge in [-0.1, -0.05) is 20.8 Å². The van der Waals surface area contributed by atoms with E-state index in [0.29, 0.717) is 31.1 Å². The summed E-state index contributed by atoms with van der Waals surface area (Å²) in [7, 11) is 0. The van der Waals surface area contributed by atoms with Crippen molar-refractivity contribution in [2.45, 2.75) is 65.5 Å². The van der Waals surface area contributed by atoms with E-state index in [4.69, 9.17) is 0 Å². The van der Waals surface area contributed by atoms with E-state index < -0.39 is 0 Å². The van der Waals surface area contributed by atoms with E-state index in [-0.39, 0.29) is 29.3 Å². The monoisotopic (exact) mass is 333 g/mol. The predicted molar refractivity (Wildman–Crippen MR) is 88.9 cm³/mol. The number of hydrogen-bond donors (Lipinski definition) is 2. The zero-order valence-electron chi connectivity index (χ0n) is 14.9. The molecule has 0 radical (unpaired) electrons. The van der Waals surface area contributed by atoms with E-state index >= 15 is 0 Å². The van der Waals surface area contributed by atoms with E-state index in [9.17, 15) is 9.59 Å². The number of aromatic nitrogens is 3. The van der Waals surface area contributed by atoms with Crippen molar-refractivity contribution in [3.8, 4) is 0 Å². The Morgan fingerprint density at radius 2 is 2.12 bits per heavy atom. The highest BCUT2D eigenvalue weighted by Gasteiger charge is 2.51. The Kier molecular flexibility index (Phi) is 4.36. The van der Waals surface area contributed by atoms with Crippen molar-refractivity contribution in [2.75, 3.05) is 6.54 Å². The number of amides is 2. The average molecular weight is 333 g/mol. The molecular weight excluding hydrogens is 306 g/mol. The van der Waals surface area contributed by atoms with E-state index in [2.05, 4.69) is 20.5 Å². The second-order valence-electron chi connectivity index (χ2n) is 7.91. The molecule has 0 spiro atoms. The van der Waals surface area contributed by atoms with Gasteiger partial charge in [0.05, 0.1) is 6.04 Å². The number of likely N-dealkylation sites (tertiary alicyclic amines) is 1. The molecule has 132 valence electrons. The number of aromatic amines is 1. The molecule has 2 aliphatic rings. The second-order valence-corrected chi connectivity index (χ2v) is 7.91. The third-order valence-corrected chi connectivity index (χ3v) is 4.95. The average Bonchev–Trinajstić information content (AvgIpc) is 2.92. The summed E-state index contributed by atoms with van der Waals surface area (Å²) in [5.74, 6) is 1.91. The Bertz CT molecular complexity index is 635. The molecule has 0 unspecified atom stereocenters. The standard InChI is InChI=1S/C17H27N5O2/c1-10(2)7-14(23)19-12-8-13(15-18-11(3)20-21-15)22(9-12)16(24)17(4)5-6-17/h10,12-13H,5-9H2,1-4H3,(H,19,23)(H,18,20,21)/t12-,13-/m0/s1. The zero-order chi connectivity index (χ0) is 17.5. The molecule has 7 nitrogen and oxygen atoms in total. The third kappa shape index (κ3) is 3.44. The highest BCUT2D eigenvalue weighted by Crippen LogP contribution is 2.48. The van der Waals surface area contributed by atoms with Crippen LogP contribution >= 0.6 is 0 Å². The van der Waals surface area contributed by atoms with Crippen molar-refractivity contribution in [1.29, 1.82) is 0 Å². The minimum atomic E-state index is -0.236. The third-order valence-electron chi connectivity index (χ3n) is 4.95. The summed E-state index contributed by atoms with van der Waals surface area (Å²) in [6.07, 6.45) is 3.05. The summed E-state index contributed by atoms with van der Waals surface area (Å²) < 4.78 is 0. The van der Waals surface area contributed by atoms with Gasteiger partial charge < -0.3 is 10.2 Å². The van der Waals surface area contributed by atoms with Crippen molar-refractivity contribution < 1.29 is 9.59 Å². The van der Waals surface area contributed by atoms with Crippen LogP contribution < -0.4 is 5.32 Å². The maximum atomic E-state index is 12.9. The van der Waals surface area contributed by atoms with Gasteiger partial charge in [0.2, 0.25) is 11.8 Å². The summed E-state index contributed by atoms with van der Waals surface area (Å²) >= 11 is 0. The van der Waals surface area contributed by atoms with Crippen LogP contribution in [0, 0.1) is 18.3 Å². The van der Waals surface area contributed by atoms with Crippen LogP contribution in [0.15, 0.2) is 0 Å². The second kappa shape index (κ2) is 6.18. The van der Waals surface area contributed by atoms with Gasteiger partial charge in [-0.05, 0) is 32.1 Å². The van der Waals surface area contributed by atoms with Crippen molar-refractivity contribution in [3.05, 3.63) is 11.6 Å². The summed E-state index contributed by atoms with van der Waals surface area (Å²) in [6, 6.07) is -0.199. The van der Waals surface area contributed by atoms with Crippen LogP contribution in [0.1, 0.15) is 64.1 Å². The van der Waals surface area contributed by atoms with Crippen LogP contribution in [0.2, 0.25) is 0 Å². The fourth-order valence-corrected chi connectivity index (χ4v) is 3.32. The van der Waals surface area contributed by atoms with E-state index in [1.54, 1.807) is 0 Å². The molecule has 2 heterocycles. The normalized spacial score (nSPS) is 25.1. The summed E-state index contributed by atoms with van der Waals surface area (Å²) in [6.45, 7) is 8.45. The first-order chi connectivity index (χ1) is 11.3. The Hall–Kier alpha value is -1.92. The molecule has 7 heteroatoms. The van der Waals surface area contributed by atoms with Gasteiger partial charge in [0.1, 0.15) is 5.82 Å². The first kappa shape index (κ1) is 16.9. The number of carbonyl (C=O) groups excluding carboxylic acids is 2. The van der Waals surface area contributed by atoms with Gasteiger partial charge in [-0.2, -0.15) is 5.10 Å². The molecule has 24 heavy (non-hydrogen) atoms. The molecule has 1 aromatic heterocycles. The molecule has 2 N–H and O–H groups in total. The topological polar surface area (TPSA) is 91.0 Å². The van der Waals surface area contributed by atoms with E-state index in [1.165, 1.54) is 0 Å². The number of nitrogens with zero attached hydrogens (tertiary/aromatic N) is 3. The van der Waals surface area contributed by atoms with Crippen molar-refractivity contribution in [1.82, 2.24) is 25.4 Å². The van der Waals surface area contributed by atoms with E-state index in [1.807, 2.05) is 32.6 Å². The Balaban J connectivity index is 1.74. The van der Waals surface area contributed by atoms with Crippen LogP contribution in [-0.2, 0) is 9.59 Å². The fourth-order valence-electron chi connectivity index (χ4n) is 3.32. The van der Waals surface area contributed by atoms with Gasteiger partial charge in [0.15, 0.2) is 5.82 Å². The maximum Gasteiger partial charge on any atom is 0.229 e. The molecule has 1 saturated carbocycles. The molecule has 3 rings (SSSR count). The lowest BCUT2D eigenvalue weighted by atomic mass is 10.1. The number of nitrogens with one attached hydrogen (secondary N) is 2. The van der Waals surface area contributed by atoms with Gasteiger partial charge in [0, 0.05) is 24.4 Å². The van der Waals surface area contributed by atoms with Gasteiger partial charge in [-0.15, -0.1) is 0 Å². The smallest absolute Gasteiger partial charge is 0.229 e. The maximum absolute atomic E-state index is 12.9. The van der Waals surface area contributed by atoms with Crippen molar-refractivity contribution in [3.63, 3.8) is 0 Å². The lowest BCUT2D eigenvalue weighted by Gasteiger charge is -2.25. The predicted octanol–water partition coefficient (Wildman–Crippen LogP) is 1.72. The lowest BCUT2D eigenvalue weighted by Crippen LogP contribution is -2.41. The number of hydrogen-bond acceptors (Lipinski definition) is 4. The molecule has 2 amide bonds. The minimum Gasteiger partial charge on any atom is -0.351 e. The molecule has 0 bridgehead atoms. The van der Waals surface area contributed by atoms with Gasteiger partial charge in [-0.25, -0.2) is 4.98 Å². The Labute approximate surface area is 142 Å². The highest BCUT2D eigenvalue weighted by atomic mass is 16.2. The van der Waals surface area contributed by atoms with Gasteiger partial charge >= 0.3 is 0 Å². The summed E-state index contributed by atoms with van der Waals surface area (Å²) in [4.78, 5) is 31.3. The first-order valence-corrected chi connectivity index (χ1v) is 8.78. The molecule has 2 fully saturated rings. The number of rotatable bonds is 5. The number of H-pyrrole nitrogens is 1. The zero-order valence-corrected chi connectivity index (χ0v) is 14.9. The molecule has 1 aliphatic carbocycles. The van der Waals surface area contributed by atoms with Crippen molar-refractivity contribution in [2.24, 2.45) is 11.3 Å². The molecular formula is C17H27N5O2. The Morgan fingerprint density at radius 1 is 1.42 bits per heavy atom. The van der Waals surface area contributed by atoms with Crippen LogP contribution in [0.4, 0.5) is 0 Å². The number of aryl methyl sites for hydroxylation is 1. The van der Waals surface area contributed by atoms with Gasteiger partial charge in [-0.3, -0.25) is 14.7 Å². The lowest BCUT2D eigenvalue weighted by molar-refractivity contribution is -0.137. The number of carbonyl (C=O) groups is 2. The van der Waals surface area contributed by atoms with Crippen LogP contribution in [0.25, 0.3) is 0 Å². The highest BCUT2D eigenvalue weighted by molar-refractivity contribution is 5.85. The van der Waals surface area contributed by atoms with Crippen LogP contribution in [0.3, 0.4) is 0 Å². The summed E-state index contributed by atoms with van der Waals surface area (Å²) in [5, 5.41) is 10.2. The van der Waals surface area contributed by atoms with Crippen molar-refractivity contribution >= 4 is 11.8 Å². The Morgan fingerprint density at radius 3 is 2.67 bits per heavy atom. The SMILES string of the molecule is Cc1nc([C@@H]2C[C@H](NC(=O)CC(C)C)CN2C(=O)C2(C)CC2)n[nH]1. The first-order valence-electron chi connectivity index (χ1n) is 8.78. The van der Waals surface area contributed by atoms with Crippen LogP contribution in [0.5, 0.6) is 0 Å². The largest absolute Gasteiger partial charge is 0.351 e.